The summed E-state index contributed by atoms with van der Waals surface area (Å²) in [5.41, 5.74) is 17.2. The second-order valence-corrected chi connectivity index (χ2v) is 16.5. The van der Waals surface area contributed by atoms with Crippen LogP contribution in [0.4, 0.5) is 0 Å². The Balaban J connectivity index is 0.818. The average Bonchev–Trinajstić information content (AvgIpc) is 3.78. The van der Waals surface area contributed by atoms with Crippen LogP contribution in [-0.4, -0.2) is 9.97 Å². The molecule has 0 saturated heterocycles. The van der Waals surface area contributed by atoms with Crippen molar-refractivity contribution in [3.8, 4) is 33.4 Å². The molecule has 274 valence electrons. The Labute approximate surface area is 336 Å². The van der Waals surface area contributed by atoms with E-state index in [1.165, 1.54) is 49.7 Å². The SMILES string of the molecule is CC1(C)c2cc(-c3ccc(-c4cccc5c4oc4ccccc45)cc3)ccc2-c2ccc(C3C=CC(c4cnc5c6ccccc6c6ccccc6c5n4)=CC3)cc21. The van der Waals surface area contributed by atoms with Gasteiger partial charge in [-0.2, -0.15) is 0 Å². The van der Waals surface area contributed by atoms with E-state index in [0.717, 1.165) is 72.6 Å². The molecule has 8 aromatic carbocycles. The van der Waals surface area contributed by atoms with Gasteiger partial charge in [0.05, 0.1) is 22.9 Å². The third-order valence-corrected chi connectivity index (χ3v) is 12.9. The summed E-state index contributed by atoms with van der Waals surface area (Å²) in [6, 6.07) is 54.9. The van der Waals surface area contributed by atoms with Crippen molar-refractivity contribution < 1.29 is 4.42 Å². The first-order valence-corrected chi connectivity index (χ1v) is 20.2. The summed E-state index contributed by atoms with van der Waals surface area (Å²) in [7, 11) is 0. The van der Waals surface area contributed by atoms with Crippen LogP contribution in [0, 0.1) is 0 Å². The van der Waals surface area contributed by atoms with Gasteiger partial charge in [-0.15, -0.1) is 0 Å². The van der Waals surface area contributed by atoms with Gasteiger partial charge in [-0.3, -0.25) is 4.98 Å². The Morgan fingerprint density at radius 2 is 1.19 bits per heavy atom. The van der Waals surface area contributed by atoms with Gasteiger partial charge in [0, 0.05) is 38.4 Å². The Kier molecular flexibility index (Phi) is 7.10. The quantitative estimate of drug-likeness (QED) is 0.169. The highest BCUT2D eigenvalue weighted by Crippen LogP contribution is 2.51. The largest absolute Gasteiger partial charge is 0.455 e. The van der Waals surface area contributed by atoms with Crippen molar-refractivity contribution in [1.29, 1.82) is 0 Å². The highest BCUT2D eigenvalue weighted by Gasteiger charge is 2.36. The van der Waals surface area contributed by atoms with E-state index in [-0.39, 0.29) is 5.41 Å². The van der Waals surface area contributed by atoms with Crippen molar-refractivity contribution in [3.05, 3.63) is 198 Å². The van der Waals surface area contributed by atoms with Crippen LogP contribution in [0.3, 0.4) is 0 Å². The molecule has 1 atom stereocenters. The molecule has 2 aliphatic rings. The van der Waals surface area contributed by atoms with E-state index in [1.807, 2.05) is 18.3 Å². The van der Waals surface area contributed by atoms with Crippen LogP contribution in [0.15, 0.2) is 181 Å². The van der Waals surface area contributed by atoms with E-state index in [1.54, 1.807) is 0 Å². The molecule has 0 bridgehead atoms. The normalized spacial score (nSPS) is 15.7. The van der Waals surface area contributed by atoms with Gasteiger partial charge in [0.25, 0.3) is 0 Å². The molecule has 0 N–H and O–H groups in total. The zero-order valence-electron chi connectivity index (χ0n) is 32.3. The summed E-state index contributed by atoms with van der Waals surface area (Å²) < 4.78 is 6.35. The van der Waals surface area contributed by atoms with Crippen molar-refractivity contribution in [1.82, 2.24) is 9.97 Å². The molecule has 2 aliphatic carbocycles. The molecule has 0 fully saturated rings. The minimum Gasteiger partial charge on any atom is -0.455 e. The molecule has 2 aromatic heterocycles. The number of fused-ring (bicyclic) bond motifs is 12. The van der Waals surface area contributed by atoms with Gasteiger partial charge in [-0.05, 0) is 79.4 Å². The molecule has 0 amide bonds. The summed E-state index contributed by atoms with van der Waals surface area (Å²) in [5, 5.41) is 7.02. The summed E-state index contributed by atoms with van der Waals surface area (Å²) in [5.74, 6) is 0.297. The number of benzene rings is 8. The molecule has 0 spiro atoms. The van der Waals surface area contributed by atoms with Crippen molar-refractivity contribution >= 4 is 60.1 Å². The number of aromatic nitrogens is 2. The predicted octanol–water partition coefficient (Wildman–Crippen LogP) is 14.6. The summed E-state index contributed by atoms with van der Waals surface area (Å²) >= 11 is 0. The number of hydrogen-bond donors (Lipinski definition) is 0. The first kappa shape index (κ1) is 33.1. The van der Waals surface area contributed by atoms with Crippen molar-refractivity contribution in [3.63, 3.8) is 0 Å². The molecule has 3 nitrogen and oxygen atoms in total. The predicted molar refractivity (Wildman–Crippen MR) is 241 cm³/mol. The topological polar surface area (TPSA) is 38.9 Å². The third-order valence-electron chi connectivity index (χ3n) is 12.9. The van der Waals surface area contributed by atoms with Crippen LogP contribution in [0.5, 0.6) is 0 Å². The van der Waals surface area contributed by atoms with E-state index in [0.29, 0.717) is 5.92 Å². The molecule has 3 heteroatoms. The van der Waals surface area contributed by atoms with Gasteiger partial charge in [-0.25, -0.2) is 4.98 Å². The lowest BCUT2D eigenvalue weighted by Gasteiger charge is -2.24. The first-order chi connectivity index (χ1) is 28.5. The van der Waals surface area contributed by atoms with E-state index in [4.69, 9.17) is 14.4 Å². The lowest BCUT2D eigenvalue weighted by atomic mass is 9.79. The minimum atomic E-state index is -0.124. The zero-order chi connectivity index (χ0) is 38.5. The molecule has 0 saturated carbocycles. The first-order valence-electron chi connectivity index (χ1n) is 20.2. The maximum atomic E-state index is 6.35. The van der Waals surface area contributed by atoms with Gasteiger partial charge in [0.1, 0.15) is 11.2 Å². The standard InChI is InChI=1S/C55H38N2O/c1-55(2)48-30-37(33-18-22-35(23-19-33)39-15-9-16-47-44-12-7-8-17-51(44)58-54(39)47)26-28-42(48)43-29-27-38(31-49(43)55)34-20-24-36(25-21-34)50-32-56-52-45-13-5-3-10-40(45)41-11-4-6-14-46(41)53(52)57-50/h3-20,22-32,34H,21H2,1-2H3. The molecular formula is C55H38N2O. The summed E-state index contributed by atoms with van der Waals surface area (Å²) in [6.45, 7) is 4.75. The fourth-order valence-corrected chi connectivity index (χ4v) is 9.80. The Hall–Kier alpha value is -7.10. The van der Waals surface area contributed by atoms with Gasteiger partial charge in [0.15, 0.2) is 0 Å². The van der Waals surface area contributed by atoms with Gasteiger partial charge in [0.2, 0.25) is 0 Å². The van der Waals surface area contributed by atoms with Gasteiger partial charge >= 0.3 is 0 Å². The Bertz CT molecular complexity index is 3360. The number of allylic oxidation sites excluding steroid dienone is 4. The highest BCUT2D eigenvalue weighted by atomic mass is 16.3. The van der Waals surface area contributed by atoms with Crippen molar-refractivity contribution in [2.75, 3.05) is 0 Å². The number of nitrogens with zero attached hydrogens (tertiary/aromatic N) is 2. The molecule has 1 unspecified atom stereocenters. The zero-order valence-corrected chi connectivity index (χ0v) is 32.3. The molecule has 0 radical (unpaired) electrons. The molecule has 58 heavy (non-hydrogen) atoms. The monoisotopic (exact) mass is 742 g/mol. The molecule has 12 rings (SSSR count). The van der Waals surface area contributed by atoms with Crippen molar-refractivity contribution in [2.24, 2.45) is 0 Å². The summed E-state index contributed by atoms with van der Waals surface area (Å²) in [6.07, 6.45) is 9.80. The van der Waals surface area contributed by atoms with E-state index < -0.39 is 0 Å². The van der Waals surface area contributed by atoms with Crippen molar-refractivity contribution in [2.45, 2.75) is 31.6 Å². The van der Waals surface area contributed by atoms with E-state index >= 15 is 0 Å². The van der Waals surface area contributed by atoms with E-state index in [9.17, 15) is 0 Å². The third kappa shape index (κ3) is 4.93. The fraction of sp³-hybridized carbons (Fsp3) is 0.0909. The van der Waals surface area contributed by atoms with Crippen LogP contribution in [-0.2, 0) is 5.41 Å². The van der Waals surface area contributed by atoms with Gasteiger partial charge in [-0.1, -0.05) is 172 Å². The Morgan fingerprint density at radius 1 is 0.552 bits per heavy atom. The van der Waals surface area contributed by atoms with Crippen LogP contribution in [0.25, 0.3) is 93.5 Å². The van der Waals surface area contributed by atoms with Crippen LogP contribution in [0.1, 0.15) is 48.6 Å². The van der Waals surface area contributed by atoms with Crippen LogP contribution < -0.4 is 0 Å². The number of hydrogen-bond acceptors (Lipinski definition) is 3. The minimum absolute atomic E-state index is 0.124. The molecule has 2 heterocycles. The summed E-state index contributed by atoms with van der Waals surface area (Å²) in [4.78, 5) is 10.2. The Morgan fingerprint density at radius 3 is 1.95 bits per heavy atom. The lowest BCUT2D eigenvalue weighted by Crippen LogP contribution is -2.15. The lowest BCUT2D eigenvalue weighted by molar-refractivity contribution is 0.658. The average molecular weight is 743 g/mol. The smallest absolute Gasteiger partial charge is 0.143 e. The number of rotatable bonds is 4. The fourth-order valence-electron chi connectivity index (χ4n) is 9.80. The number of furan rings is 1. The second kappa shape index (κ2) is 12.4. The highest BCUT2D eigenvalue weighted by molar-refractivity contribution is 6.23. The molecule has 0 aliphatic heterocycles. The van der Waals surface area contributed by atoms with Gasteiger partial charge < -0.3 is 4.42 Å². The maximum absolute atomic E-state index is 6.35. The van der Waals surface area contributed by atoms with E-state index in [2.05, 4.69) is 172 Å². The maximum Gasteiger partial charge on any atom is 0.143 e. The molecule has 10 aromatic rings. The van der Waals surface area contributed by atoms with Crippen LogP contribution in [0.2, 0.25) is 0 Å². The van der Waals surface area contributed by atoms with Crippen LogP contribution >= 0.6 is 0 Å². The molecular weight excluding hydrogens is 705 g/mol. The number of para-hydroxylation sites is 2. The second-order valence-electron chi connectivity index (χ2n) is 16.5.